The van der Waals surface area contributed by atoms with Gasteiger partial charge in [0.15, 0.2) is 0 Å². The van der Waals surface area contributed by atoms with E-state index in [-0.39, 0.29) is 30.1 Å². The van der Waals surface area contributed by atoms with Crippen LogP contribution >= 0.6 is 0 Å². The summed E-state index contributed by atoms with van der Waals surface area (Å²) in [5, 5.41) is 2.59. The number of rotatable bonds is 7. The van der Waals surface area contributed by atoms with E-state index in [9.17, 15) is 14.4 Å². The van der Waals surface area contributed by atoms with Crippen LogP contribution in [0.25, 0.3) is 0 Å². The number of hydrogen-bond donors (Lipinski definition) is 1. The highest BCUT2D eigenvalue weighted by molar-refractivity contribution is 6.01. The second-order valence-electron chi connectivity index (χ2n) is 8.24. The third-order valence-corrected chi connectivity index (χ3v) is 6.08. The van der Waals surface area contributed by atoms with Gasteiger partial charge in [-0.25, -0.2) is 0 Å². The van der Waals surface area contributed by atoms with Gasteiger partial charge < -0.3 is 15.1 Å². The number of anilines is 1. The van der Waals surface area contributed by atoms with Crippen molar-refractivity contribution in [1.29, 1.82) is 0 Å². The van der Waals surface area contributed by atoms with E-state index >= 15 is 0 Å². The predicted molar refractivity (Wildman–Crippen MR) is 122 cm³/mol. The van der Waals surface area contributed by atoms with E-state index in [0.29, 0.717) is 24.6 Å². The van der Waals surface area contributed by atoms with E-state index in [2.05, 4.69) is 25.2 Å². The van der Waals surface area contributed by atoms with Gasteiger partial charge in [0.2, 0.25) is 11.8 Å². The fourth-order valence-electron chi connectivity index (χ4n) is 4.05. The topological polar surface area (TPSA) is 69.7 Å². The van der Waals surface area contributed by atoms with Gasteiger partial charge in [0, 0.05) is 44.9 Å². The van der Waals surface area contributed by atoms with Crippen molar-refractivity contribution in [3.8, 4) is 0 Å². The highest BCUT2D eigenvalue weighted by Crippen LogP contribution is 2.34. The predicted octanol–water partition coefficient (Wildman–Crippen LogP) is 3.57. The van der Waals surface area contributed by atoms with Crippen LogP contribution in [0.4, 0.5) is 5.69 Å². The second kappa shape index (κ2) is 9.77. The van der Waals surface area contributed by atoms with Crippen molar-refractivity contribution in [3.63, 3.8) is 0 Å². The van der Waals surface area contributed by atoms with Crippen molar-refractivity contribution in [2.24, 2.45) is 5.92 Å². The Morgan fingerprint density at radius 2 is 1.84 bits per heavy atom. The molecule has 0 aromatic heterocycles. The zero-order valence-corrected chi connectivity index (χ0v) is 18.7. The van der Waals surface area contributed by atoms with Crippen molar-refractivity contribution in [2.75, 3.05) is 25.5 Å². The van der Waals surface area contributed by atoms with Crippen molar-refractivity contribution in [3.05, 3.63) is 65.2 Å². The van der Waals surface area contributed by atoms with Crippen molar-refractivity contribution >= 4 is 23.4 Å². The Morgan fingerprint density at radius 3 is 2.48 bits per heavy atom. The molecular formula is C25H31N3O3. The summed E-state index contributed by atoms with van der Waals surface area (Å²) in [7, 11) is 3.35. The van der Waals surface area contributed by atoms with E-state index in [1.807, 2.05) is 30.3 Å². The van der Waals surface area contributed by atoms with E-state index < -0.39 is 0 Å². The lowest BCUT2D eigenvalue weighted by Gasteiger charge is -2.24. The van der Waals surface area contributed by atoms with Crippen LogP contribution in [0, 0.1) is 5.92 Å². The molecule has 1 fully saturated rings. The van der Waals surface area contributed by atoms with Gasteiger partial charge in [0.1, 0.15) is 0 Å². The van der Waals surface area contributed by atoms with Gasteiger partial charge in [-0.05, 0) is 41.7 Å². The maximum atomic E-state index is 13.1. The SMILES string of the molecule is CC[C@@H](C)c1ccccc1N1C[C@H](C(=O)N(C)Cc2ccc(C(=O)NC)cc2)CC1=O. The molecule has 1 aliphatic heterocycles. The minimum atomic E-state index is -0.354. The molecule has 0 radical (unpaired) electrons. The number of nitrogens with zero attached hydrogens (tertiary/aromatic N) is 2. The van der Waals surface area contributed by atoms with Crippen molar-refractivity contribution in [2.45, 2.75) is 39.2 Å². The van der Waals surface area contributed by atoms with Crippen LogP contribution in [0.1, 0.15) is 54.1 Å². The number of amides is 3. The maximum Gasteiger partial charge on any atom is 0.251 e. The van der Waals surface area contributed by atoms with Gasteiger partial charge in [0.05, 0.1) is 5.92 Å². The van der Waals surface area contributed by atoms with Crippen LogP contribution in [0.2, 0.25) is 0 Å². The van der Waals surface area contributed by atoms with Crippen LogP contribution in [-0.4, -0.2) is 43.3 Å². The Hall–Kier alpha value is -3.15. The first-order valence-electron chi connectivity index (χ1n) is 10.8. The Morgan fingerprint density at radius 1 is 1.16 bits per heavy atom. The largest absolute Gasteiger partial charge is 0.355 e. The van der Waals surface area contributed by atoms with Crippen LogP contribution < -0.4 is 10.2 Å². The normalized spacial score (nSPS) is 16.8. The zero-order valence-electron chi connectivity index (χ0n) is 18.7. The minimum absolute atomic E-state index is 0.00238. The molecule has 6 heteroatoms. The molecule has 6 nitrogen and oxygen atoms in total. The number of nitrogens with one attached hydrogen (secondary N) is 1. The van der Waals surface area contributed by atoms with Crippen LogP contribution in [0.3, 0.4) is 0 Å². The van der Waals surface area contributed by atoms with Crippen LogP contribution in [0.15, 0.2) is 48.5 Å². The quantitative estimate of drug-likeness (QED) is 0.743. The molecule has 1 heterocycles. The molecule has 1 N–H and O–H groups in total. The molecule has 31 heavy (non-hydrogen) atoms. The smallest absolute Gasteiger partial charge is 0.251 e. The fourth-order valence-corrected chi connectivity index (χ4v) is 4.05. The lowest BCUT2D eigenvalue weighted by molar-refractivity contribution is -0.135. The molecule has 3 rings (SSSR count). The number of carbonyl (C=O) groups is 3. The van der Waals surface area contributed by atoms with E-state index in [1.165, 1.54) is 0 Å². The molecule has 0 unspecified atom stereocenters. The van der Waals surface area contributed by atoms with Crippen molar-refractivity contribution in [1.82, 2.24) is 10.2 Å². The van der Waals surface area contributed by atoms with Crippen LogP contribution in [0.5, 0.6) is 0 Å². The summed E-state index contributed by atoms with van der Waals surface area (Å²) in [5.41, 5.74) is 3.59. The Balaban J connectivity index is 1.68. The molecular weight excluding hydrogens is 390 g/mol. The summed E-state index contributed by atoms with van der Waals surface area (Å²) in [6.07, 6.45) is 1.22. The maximum absolute atomic E-state index is 13.1. The average molecular weight is 422 g/mol. The van der Waals surface area contributed by atoms with Gasteiger partial charge in [0.25, 0.3) is 5.91 Å². The zero-order chi connectivity index (χ0) is 22.5. The standard InChI is InChI=1S/C25H31N3O3/c1-5-17(2)21-8-6-7-9-22(21)28-16-20(14-23(28)29)25(31)27(4)15-18-10-12-19(13-11-18)24(30)26-3/h6-13,17,20H,5,14-16H2,1-4H3,(H,26,30)/t17-,20-/m1/s1. The number of hydrogen-bond acceptors (Lipinski definition) is 3. The first-order valence-corrected chi connectivity index (χ1v) is 10.8. The van der Waals surface area contributed by atoms with Gasteiger partial charge in [-0.3, -0.25) is 14.4 Å². The van der Waals surface area contributed by atoms with Gasteiger partial charge in [-0.1, -0.05) is 44.2 Å². The lowest BCUT2D eigenvalue weighted by atomic mass is 9.96. The molecule has 2 atom stereocenters. The highest BCUT2D eigenvalue weighted by atomic mass is 16.2. The molecule has 3 amide bonds. The van der Waals surface area contributed by atoms with Gasteiger partial charge in [-0.15, -0.1) is 0 Å². The van der Waals surface area contributed by atoms with Crippen molar-refractivity contribution < 1.29 is 14.4 Å². The third-order valence-electron chi connectivity index (χ3n) is 6.08. The lowest BCUT2D eigenvalue weighted by Crippen LogP contribution is -2.34. The number of benzene rings is 2. The van der Waals surface area contributed by atoms with E-state index in [4.69, 9.17) is 0 Å². The fraction of sp³-hybridized carbons (Fsp3) is 0.400. The summed E-state index contributed by atoms with van der Waals surface area (Å²) in [6.45, 7) is 5.13. The third kappa shape index (κ3) is 4.95. The van der Waals surface area contributed by atoms with Gasteiger partial charge >= 0.3 is 0 Å². The Bertz CT molecular complexity index is 955. The summed E-state index contributed by atoms with van der Waals surface area (Å²) in [4.78, 5) is 41.0. The molecule has 0 aliphatic carbocycles. The Kier molecular flexibility index (Phi) is 7.10. The van der Waals surface area contributed by atoms with Crippen LogP contribution in [-0.2, 0) is 16.1 Å². The molecule has 2 aromatic carbocycles. The first-order chi connectivity index (χ1) is 14.8. The first kappa shape index (κ1) is 22.5. The highest BCUT2D eigenvalue weighted by Gasteiger charge is 2.37. The minimum Gasteiger partial charge on any atom is -0.355 e. The van der Waals surface area contributed by atoms with E-state index in [0.717, 1.165) is 23.2 Å². The molecule has 1 saturated heterocycles. The number of carbonyl (C=O) groups excluding carboxylic acids is 3. The molecule has 0 bridgehead atoms. The summed E-state index contributed by atoms with van der Waals surface area (Å²) in [6, 6.07) is 15.2. The number of para-hydroxylation sites is 1. The molecule has 2 aromatic rings. The van der Waals surface area contributed by atoms with E-state index in [1.54, 1.807) is 36.0 Å². The average Bonchev–Trinajstić information content (AvgIpc) is 3.19. The Labute approximate surface area is 184 Å². The molecule has 0 spiro atoms. The monoisotopic (exact) mass is 421 g/mol. The molecule has 1 aliphatic rings. The summed E-state index contributed by atoms with van der Waals surface area (Å²) < 4.78 is 0. The molecule has 0 saturated carbocycles. The summed E-state index contributed by atoms with van der Waals surface area (Å²) in [5.74, 6) is -0.185. The molecule has 164 valence electrons. The van der Waals surface area contributed by atoms with Gasteiger partial charge in [-0.2, -0.15) is 0 Å². The summed E-state index contributed by atoms with van der Waals surface area (Å²) >= 11 is 0. The second-order valence-corrected chi connectivity index (χ2v) is 8.24.